The number of benzene rings is 1. The number of hydrogen-bond donors (Lipinski definition) is 1. The molecule has 2 aromatic rings. The molecule has 8 heteroatoms. The van der Waals surface area contributed by atoms with E-state index in [-0.39, 0.29) is 18.7 Å². The lowest BCUT2D eigenvalue weighted by Gasteiger charge is -2.33. The Balaban J connectivity index is 1.98. The minimum absolute atomic E-state index is 0.133. The van der Waals surface area contributed by atoms with Crippen LogP contribution in [0.2, 0.25) is 0 Å². The molecular formula is C14H14N2O5S. The van der Waals surface area contributed by atoms with Crippen molar-refractivity contribution < 1.29 is 22.8 Å². The summed E-state index contributed by atoms with van der Waals surface area (Å²) in [6.07, 6.45) is 1.56. The Labute approximate surface area is 127 Å². The molecule has 0 aliphatic carbocycles. The first-order valence-corrected chi connectivity index (χ1v) is 8.31. The van der Waals surface area contributed by atoms with Gasteiger partial charge in [-0.1, -0.05) is 23.4 Å². The fourth-order valence-corrected chi connectivity index (χ4v) is 4.18. The van der Waals surface area contributed by atoms with Gasteiger partial charge in [-0.3, -0.25) is 9.10 Å². The van der Waals surface area contributed by atoms with Crippen molar-refractivity contribution >= 4 is 21.7 Å². The second kappa shape index (κ2) is 5.45. The average molecular weight is 322 g/mol. The molecule has 1 N–H and O–H groups in total. The molecule has 0 amide bonds. The summed E-state index contributed by atoms with van der Waals surface area (Å²) >= 11 is 0. The lowest BCUT2D eigenvalue weighted by atomic mass is 9.91. The first kappa shape index (κ1) is 14.6. The molecule has 0 radical (unpaired) electrons. The lowest BCUT2D eigenvalue weighted by Crippen LogP contribution is -2.38. The second-order valence-electron chi connectivity index (χ2n) is 5.06. The molecule has 0 fully saturated rings. The SMILES string of the molecule is O=C(O)C1CCN(S(=O)(=O)Cc2ccon2)c2ccccc21. The summed E-state index contributed by atoms with van der Waals surface area (Å²) in [6, 6.07) is 8.19. The number of aliphatic carboxylic acids is 1. The molecule has 0 bridgehead atoms. The maximum Gasteiger partial charge on any atom is 0.311 e. The van der Waals surface area contributed by atoms with Gasteiger partial charge in [0, 0.05) is 12.6 Å². The molecule has 1 aromatic carbocycles. The van der Waals surface area contributed by atoms with Crippen LogP contribution in [-0.2, 0) is 20.6 Å². The Morgan fingerprint density at radius 3 is 2.82 bits per heavy atom. The fourth-order valence-electron chi connectivity index (χ4n) is 2.65. The molecular weight excluding hydrogens is 308 g/mol. The van der Waals surface area contributed by atoms with E-state index < -0.39 is 21.9 Å². The molecule has 3 rings (SSSR count). The molecule has 1 aromatic heterocycles. The molecule has 1 unspecified atom stereocenters. The van der Waals surface area contributed by atoms with Crippen LogP contribution in [0.25, 0.3) is 0 Å². The third kappa shape index (κ3) is 2.57. The van der Waals surface area contributed by atoms with Gasteiger partial charge in [-0.25, -0.2) is 8.42 Å². The van der Waals surface area contributed by atoms with Crippen molar-refractivity contribution in [2.75, 3.05) is 10.8 Å². The highest BCUT2D eigenvalue weighted by Crippen LogP contribution is 2.37. The summed E-state index contributed by atoms with van der Waals surface area (Å²) < 4.78 is 31.1. The Hall–Kier alpha value is -2.35. The number of nitrogens with zero attached hydrogens (tertiary/aromatic N) is 2. The van der Waals surface area contributed by atoms with Crippen molar-refractivity contribution in [2.45, 2.75) is 18.1 Å². The van der Waals surface area contributed by atoms with E-state index in [4.69, 9.17) is 0 Å². The van der Waals surface area contributed by atoms with Gasteiger partial charge < -0.3 is 9.63 Å². The zero-order chi connectivity index (χ0) is 15.7. The van der Waals surface area contributed by atoms with Gasteiger partial charge in [0.2, 0.25) is 10.0 Å². The molecule has 0 spiro atoms. The molecule has 116 valence electrons. The first-order valence-electron chi connectivity index (χ1n) is 6.70. The standard InChI is InChI=1S/C14H14N2O5S/c17-14(18)12-5-7-16(13-4-2-1-3-11(12)13)22(19,20)9-10-6-8-21-15-10/h1-4,6,8,12H,5,7,9H2,(H,17,18). The number of carboxylic acid groups (broad SMARTS) is 1. The van der Waals surface area contributed by atoms with Crippen LogP contribution < -0.4 is 4.31 Å². The van der Waals surface area contributed by atoms with E-state index in [0.717, 1.165) is 0 Å². The maximum atomic E-state index is 12.6. The van der Waals surface area contributed by atoms with Gasteiger partial charge >= 0.3 is 5.97 Å². The zero-order valence-electron chi connectivity index (χ0n) is 11.5. The number of anilines is 1. The van der Waals surface area contributed by atoms with E-state index >= 15 is 0 Å². The summed E-state index contributed by atoms with van der Waals surface area (Å²) in [5.74, 6) is -1.91. The first-order chi connectivity index (χ1) is 10.5. The number of rotatable bonds is 4. The minimum atomic E-state index is -3.65. The molecule has 1 aliphatic heterocycles. The van der Waals surface area contributed by atoms with Crippen molar-refractivity contribution in [3.05, 3.63) is 47.9 Å². The number of carboxylic acids is 1. The Kier molecular flexibility index (Phi) is 3.61. The van der Waals surface area contributed by atoms with Crippen LogP contribution in [0.15, 0.2) is 41.1 Å². The van der Waals surface area contributed by atoms with Gasteiger partial charge in [0.05, 0.1) is 11.6 Å². The Morgan fingerprint density at radius 1 is 1.36 bits per heavy atom. The molecule has 1 atom stereocenters. The summed E-state index contributed by atoms with van der Waals surface area (Å²) in [5.41, 5.74) is 1.26. The van der Waals surface area contributed by atoms with Crippen molar-refractivity contribution in [2.24, 2.45) is 0 Å². The third-order valence-corrected chi connectivity index (χ3v) is 5.37. The quantitative estimate of drug-likeness (QED) is 0.917. The number of hydrogen-bond acceptors (Lipinski definition) is 5. The maximum absolute atomic E-state index is 12.6. The number of aromatic nitrogens is 1. The fraction of sp³-hybridized carbons (Fsp3) is 0.286. The normalized spacial score (nSPS) is 18.0. The van der Waals surface area contributed by atoms with Crippen LogP contribution >= 0.6 is 0 Å². The molecule has 0 saturated carbocycles. The van der Waals surface area contributed by atoms with Crippen LogP contribution in [0, 0.1) is 0 Å². The summed E-state index contributed by atoms with van der Waals surface area (Å²) in [6.45, 7) is 0.133. The predicted octanol–water partition coefficient (Wildman–Crippen LogP) is 1.58. The number of para-hydroxylation sites is 1. The summed E-state index contributed by atoms with van der Waals surface area (Å²) in [5, 5.41) is 12.9. The second-order valence-corrected chi connectivity index (χ2v) is 6.95. The highest BCUT2D eigenvalue weighted by molar-refractivity contribution is 7.92. The largest absolute Gasteiger partial charge is 0.481 e. The summed E-state index contributed by atoms with van der Waals surface area (Å²) in [7, 11) is -3.65. The van der Waals surface area contributed by atoms with Gasteiger partial charge in [-0.2, -0.15) is 0 Å². The van der Waals surface area contributed by atoms with Crippen LogP contribution in [0.3, 0.4) is 0 Å². The topological polar surface area (TPSA) is 101 Å². The lowest BCUT2D eigenvalue weighted by molar-refractivity contribution is -0.139. The van der Waals surface area contributed by atoms with Gasteiger partial charge in [0.1, 0.15) is 17.7 Å². The van der Waals surface area contributed by atoms with Gasteiger partial charge in [0.25, 0.3) is 0 Å². The van der Waals surface area contributed by atoms with Gasteiger partial charge in [-0.05, 0) is 18.1 Å². The monoisotopic (exact) mass is 322 g/mol. The Morgan fingerprint density at radius 2 is 2.14 bits per heavy atom. The van der Waals surface area contributed by atoms with Crippen molar-refractivity contribution in [1.29, 1.82) is 0 Å². The smallest absolute Gasteiger partial charge is 0.311 e. The highest BCUT2D eigenvalue weighted by atomic mass is 32.2. The van der Waals surface area contributed by atoms with E-state index in [9.17, 15) is 18.3 Å². The number of sulfonamides is 1. The van der Waals surface area contributed by atoms with Gasteiger partial charge in [-0.15, -0.1) is 0 Å². The minimum Gasteiger partial charge on any atom is -0.481 e. The van der Waals surface area contributed by atoms with Crippen LogP contribution in [0.1, 0.15) is 23.6 Å². The third-order valence-electron chi connectivity index (χ3n) is 3.66. The zero-order valence-corrected chi connectivity index (χ0v) is 12.4. The Bertz CT molecular complexity index is 785. The van der Waals surface area contributed by atoms with Gasteiger partial charge in [0.15, 0.2) is 0 Å². The van der Waals surface area contributed by atoms with Crippen molar-refractivity contribution in [3.8, 4) is 0 Å². The van der Waals surface area contributed by atoms with Crippen LogP contribution in [0.4, 0.5) is 5.69 Å². The molecule has 7 nitrogen and oxygen atoms in total. The average Bonchev–Trinajstić information content (AvgIpc) is 2.98. The van der Waals surface area contributed by atoms with Crippen LogP contribution in [-0.4, -0.2) is 31.2 Å². The summed E-state index contributed by atoms with van der Waals surface area (Å²) in [4.78, 5) is 11.3. The molecule has 22 heavy (non-hydrogen) atoms. The predicted molar refractivity (Wildman–Crippen MR) is 77.9 cm³/mol. The van der Waals surface area contributed by atoms with Crippen LogP contribution in [0.5, 0.6) is 0 Å². The van der Waals surface area contributed by atoms with E-state index in [2.05, 4.69) is 9.68 Å². The van der Waals surface area contributed by atoms with Crippen molar-refractivity contribution in [3.63, 3.8) is 0 Å². The van der Waals surface area contributed by atoms with E-state index in [0.29, 0.717) is 16.9 Å². The molecule has 0 saturated heterocycles. The van der Waals surface area contributed by atoms with E-state index in [1.165, 1.54) is 16.6 Å². The number of fused-ring (bicyclic) bond motifs is 1. The van der Waals surface area contributed by atoms with E-state index in [1.807, 2.05) is 0 Å². The molecule has 1 aliphatic rings. The van der Waals surface area contributed by atoms with Crippen molar-refractivity contribution in [1.82, 2.24) is 5.16 Å². The number of carbonyl (C=O) groups is 1. The molecule has 2 heterocycles. The highest BCUT2D eigenvalue weighted by Gasteiger charge is 2.35. The van der Waals surface area contributed by atoms with E-state index in [1.54, 1.807) is 24.3 Å².